The van der Waals surface area contributed by atoms with Crippen LogP contribution < -0.4 is 9.47 Å². The number of fused-ring (bicyclic) bond motifs is 2. The molecule has 0 aromatic heterocycles. The van der Waals surface area contributed by atoms with Crippen LogP contribution in [0.4, 0.5) is 0 Å². The Morgan fingerprint density at radius 3 is 2.69 bits per heavy atom. The van der Waals surface area contributed by atoms with Crippen LogP contribution in [-0.2, 0) is 24.2 Å². The molecule has 1 N–H and O–H groups in total. The monoisotopic (exact) mass is 353 g/mol. The van der Waals surface area contributed by atoms with Gasteiger partial charge in [0.2, 0.25) is 5.91 Å². The van der Waals surface area contributed by atoms with Crippen LogP contribution in [0.5, 0.6) is 11.5 Å². The molecule has 1 amide bonds. The van der Waals surface area contributed by atoms with E-state index < -0.39 is 5.97 Å². The molecular formula is C20H19NO5. The van der Waals surface area contributed by atoms with E-state index in [2.05, 4.69) is 0 Å². The third-order valence-corrected chi connectivity index (χ3v) is 4.82. The molecule has 0 atom stereocenters. The van der Waals surface area contributed by atoms with Gasteiger partial charge < -0.3 is 19.5 Å². The molecule has 6 nitrogen and oxygen atoms in total. The van der Waals surface area contributed by atoms with Gasteiger partial charge in [-0.3, -0.25) is 4.79 Å². The minimum Gasteiger partial charge on any atom is -0.486 e. The highest BCUT2D eigenvalue weighted by Crippen LogP contribution is 2.31. The van der Waals surface area contributed by atoms with Crippen molar-refractivity contribution in [2.45, 2.75) is 19.4 Å². The van der Waals surface area contributed by atoms with Gasteiger partial charge in [-0.2, -0.15) is 0 Å². The number of aromatic carboxylic acids is 1. The topological polar surface area (TPSA) is 76.1 Å². The van der Waals surface area contributed by atoms with Crippen LogP contribution >= 0.6 is 0 Å². The van der Waals surface area contributed by atoms with Crippen LogP contribution in [-0.4, -0.2) is 41.6 Å². The van der Waals surface area contributed by atoms with Crippen LogP contribution in [0.15, 0.2) is 36.4 Å². The number of carboxylic acid groups (broad SMARTS) is 1. The average molecular weight is 353 g/mol. The molecule has 0 saturated heterocycles. The van der Waals surface area contributed by atoms with Crippen molar-refractivity contribution in [2.24, 2.45) is 0 Å². The van der Waals surface area contributed by atoms with Gasteiger partial charge in [-0.1, -0.05) is 18.2 Å². The largest absolute Gasteiger partial charge is 0.486 e. The minimum absolute atomic E-state index is 0.0208. The van der Waals surface area contributed by atoms with Crippen LogP contribution in [0, 0.1) is 0 Å². The van der Waals surface area contributed by atoms with E-state index in [1.807, 2.05) is 24.3 Å². The summed E-state index contributed by atoms with van der Waals surface area (Å²) in [6.45, 7) is 1.97. The number of carboxylic acids is 1. The first kappa shape index (κ1) is 16.4. The van der Waals surface area contributed by atoms with Crippen molar-refractivity contribution >= 4 is 11.9 Å². The lowest BCUT2D eigenvalue weighted by Crippen LogP contribution is -2.37. The van der Waals surface area contributed by atoms with Crippen LogP contribution in [0.25, 0.3) is 0 Å². The summed E-state index contributed by atoms with van der Waals surface area (Å²) in [5.74, 6) is 0.389. The predicted octanol–water partition coefficient (Wildman–Crippen LogP) is 2.28. The molecule has 26 heavy (non-hydrogen) atoms. The van der Waals surface area contributed by atoms with Crippen LogP contribution in [0.3, 0.4) is 0 Å². The molecule has 2 aliphatic heterocycles. The third-order valence-electron chi connectivity index (χ3n) is 4.82. The molecule has 134 valence electrons. The highest BCUT2D eigenvalue weighted by atomic mass is 16.6. The Labute approximate surface area is 151 Å². The number of benzene rings is 2. The molecule has 0 radical (unpaired) electrons. The lowest BCUT2D eigenvalue weighted by atomic mass is 9.94. The zero-order chi connectivity index (χ0) is 18.1. The van der Waals surface area contributed by atoms with Gasteiger partial charge in [0.1, 0.15) is 13.2 Å². The summed E-state index contributed by atoms with van der Waals surface area (Å²) >= 11 is 0. The second kappa shape index (κ2) is 6.71. The van der Waals surface area contributed by atoms with E-state index in [4.69, 9.17) is 9.47 Å². The summed E-state index contributed by atoms with van der Waals surface area (Å²) < 4.78 is 11.1. The second-order valence-corrected chi connectivity index (χ2v) is 6.47. The SMILES string of the molecule is O=C(O)c1cccc2c1CN(C(=O)Cc1ccc3c(c1)OCCO3)CC2. The Hall–Kier alpha value is -3.02. The molecule has 0 aliphatic carbocycles. The van der Waals surface area contributed by atoms with Crippen molar-refractivity contribution in [2.75, 3.05) is 19.8 Å². The highest BCUT2D eigenvalue weighted by molar-refractivity contribution is 5.90. The van der Waals surface area contributed by atoms with Crippen molar-refractivity contribution in [3.8, 4) is 11.5 Å². The second-order valence-electron chi connectivity index (χ2n) is 6.47. The molecule has 0 fully saturated rings. The molecule has 4 rings (SSSR count). The molecule has 0 spiro atoms. The number of hydrogen-bond acceptors (Lipinski definition) is 4. The van der Waals surface area contributed by atoms with Gasteiger partial charge in [0.05, 0.1) is 12.0 Å². The number of amides is 1. The van der Waals surface area contributed by atoms with Gasteiger partial charge in [0, 0.05) is 13.1 Å². The summed E-state index contributed by atoms with van der Waals surface area (Å²) in [6, 6.07) is 10.8. The Morgan fingerprint density at radius 2 is 1.88 bits per heavy atom. The quantitative estimate of drug-likeness (QED) is 0.916. The fraction of sp³-hybridized carbons (Fsp3) is 0.300. The average Bonchev–Trinajstić information content (AvgIpc) is 2.66. The van der Waals surface area contributed by atoms with E-state index in [1.54, 1.807) is 17.0 Å². The molecule has 0 bridgehead atoms. The maximum absolute atomic E-state index is 12.7. The molecule has 0 unspecified atom stereocenters. The Kier molecular flexibility index (Phi) is 4.24. The highest BCUT2D eigenvalue weighted by Gasteiger charge is 2.25. The van der Waals surface area contributed by atoms with E-state index in [0.717, 1.165) is 16.7 Å². The number of hydrogen-bond donors (Lipinski definition) is 1. The molecule has 2 aliphatic rings. The standard InChI is InChI=1S/C20H19NO5/c22-19(11-13-4-5-17-18(10-13)26-9-8-25-17)21-7-6-14-2-1-3-15(20(23)24)16(14)12-21/h1-5,10H,6-9,11-12H2,(H,23,24). The first-order valence-corrected chi connectivity index (χ1v) is 8.62. The normalized spacial score (nSPS) is 15.3. The Balaban J connectivity index is 1.50. The van der Waals surface area contributed by atoms with Crippen molar-refractivity contribution in [3.05, 3.63) is 58.7 Å². The molecule has 2 heterocycles. The summed E-state index contributed by atoms with van der Waals surface area (Å²) in [5, 5.41) is 9.38. The number of ether oxygens (including phenoxy) is 2. The van der Waals surface area contributed by atoms with Gasteiger partial charge in [0.15, 0.2) is 11.5 Å². The van der Waals surface area contributed by atoms with Crippen molar-refractivity contribution in [3.63, 3.8) is 0 Å². The van der Waals surface area contributed by atoms with E-state index in [-0.39, 0.29) is 17.9 Å². The minimum atomic E-state index is -0.956. The van der Waals surface area contributed by atoms with Gasteiger partial charge in [-0.15, -0.1) is 0 Å². The Bertz CT molecular complexity index is 877. The first-order chi connectivity index (χ1) is 12.6. The molecular weight excluding hydrogens is 334 g/mol. The van der Waals surface area contributed by atoms with Crippen LogP contribution in [0.2, 0.25) is 0 Å². The maximum atomic E-state index is 12.7. The lowest BCUT2D eigenvalue weighted by molar-refractivity contribution is -0.131. The lowest BCUT2D eigenvalue weighted by Gasteiger charge is -2.30. The smallest absolute Gasteiger partial charge is 0.336 e. The molecule has 2 aromatic carbocycles. The van der Waals surface area contributed by atoms with Crippen LogP contribution in [0.1, 0.15) is 27.0 Å². The van der Waals surface area contributed by atoms with Crippen molar-refractivity contribution in [1.82, 2.24) is 4.90 Å². The van der Waals surface area contributed by atoms with Crippen molar-refractivity contribution in [1.29, 1.82) is 0 Å². The number of carbonyl (C=O) groups is 2. The zero-order valence-corrected chi connectivity index (χ0v) is 14.2. The summed E-state index contributed by atoms with van der Waals surface area (Å²) in [5.41, 5.74) is 2.88. The summed E-state index contributed by atoms with van der Waals surface area (Å²) in [4.78, 5) is 25.9. The van der Waals surface area contributed by atoms with E-state index in [1.165, 1.54) is 0 Å². The predicted molar refractivity (Wildman–Crippen MR) is 93.7 cm³/mol. The first-order valence-electron chi connectivity index (χ1n) is 8.62. The summed E-state index contributed by atoms with van der Waals surface area (Å²) in [6.07, 6.45) is 0.921. The third kappa shape index (κ3) is 3.10. The molecule has 0 saturated carbocycles. The van der Waals surface area contributed by atoms with Gasteiger partial charge in [-0.05, 0) is 41.3 Å². The van der Waals surface area contributed by atoms with E-state index >= 15 is 0 Å². The summed E-state index contributed by atoms with van der Waals surface area (Å²) in [7, 11) is 0. The molecule has 2 aromatic rings. The number of rotatable bonds is 3. The maximum Gasteiger partial charge on any atom is 0.336 e. The van der Waals surface area contributed by atoms with Gasteiger partial charge in [-0.25, -0.2) is 4.79 Å². The van der Waals surface area contributed by atoms with E-state index in [9.17, 15) is 14.7 Å². The fourth-order valence-electron chi connectivity index (χ4n) is 3.48. The van der Waals surface area contributed by atoms with Gasteiger partial charge >= 0.3 is 5.97 Å². The fourth-order valence-corrected chi connectivity index (χ4v) is 3.48. The number of nitrogens with zero attached hydrogens (tertiary/aromatic N) is 1. The van der Waals surface area contributed by atoms with Crippen molar-refractivity contribution < 1.29 is 24.2 Å². The Morgan fingerprint density at radius 1 is 1.08 bits per heavy atom. The number of carbonyl (C=O) groups excluding carboxylic acids is 1. The molecule has 6 heteroatoms. The van der Waals surface area contributed by atoms with Gasteiger partial charge in [0.25, 0.3) is 0 Å². The van der Waals surface area contributed by atoms with E-state index in [0.29, 0.717) is 44.2 Å². The zero-order valence-electron chi connectivity index (χ0n) is 14.2.